The molecule has 0 fully saturated rings. The zero-order chi connectivity index (χ0) is 13.5. The van der Waals surface area contributed by atoms with Crippen molar-refractivity contribution in [2.45, 2.75) is 12.5 Å². The summed E-state index contributed by atoms with van der Waals surface area (Å²) < 4.78 is 9.45. The van der Waals surface area contributed by atoms with E-state index in [2.05, 4.69) is 16.7 Å². The van der Waals surface area contributed by atoms with Gasteiger partial charge < -0.3 is 14.6 Å². The Morgan fingerprint density at radius 1 is 1.35 bits per heavy atom. The van der Waals surface area contributed by atoms with Gasteiger partial charge in [0, 0.05) is 19.5 Å². The molecule has 0 bridgehead atoms. The van der Waals surface area contributed by atoms with Gasteiger partial charge in [-0.3, -0.25) is 9.79 Å². The maximum absolute atomic E-state index is 11.7. The molecule has 1 aromatic carbocycles. The monoisotopic (exact) mass is 441 g/mol. The minimum Gasteiger partial charge on any atom is -0.858 e. The second kappa shape index (κ2) is 11.0. The Bertz CT molecular complexity index is 437. The topological polar surface area (TPSA) is 71.0 Å². The minimum absolute atomic E-state index is 0. The van der Waals surface area contributed by atoms with Crippen molar-refractivity contribution in [3.05, 3.63) is 36.8 Å². The average molecular weight is 443 g/mol. The molecule has 0 saturated carbocycles. The summed E-state index contributed by atoms with van der Waals surface area (Å²) in [5.74, 6) is -0.199. The Hall–Kier alpha value is -0.687. The van der Waals surface area contributed by atoms with Crippen LogP contribution in [0.25, 0.3) is 0 Å². The fourth-order valence-corrected chi connectivity index (χ4v) is 1.30. The van der Waals surface area contributed by atoms with Gasteiger partial charge in [-0.15, -0.1) is 24.0 Å². The molecule has 0 heterocycles. The molecule has 107 valence electrons. The number of methoxy groups -OCH3 is 2. The molecule has 7 heteroatoms. The van der Waals surface area contributed by atoms with Gasteiger partial charge in [0.05, 0.1) is 26.7 Å². The van der Waals surface area contributed by atoms with Gasteiger partial charge in [0.1, 0.15) is 5.75 Å². The quantitative estimate of drug-likeness (QED) is 0.226. The first-order valence-electron chi connectivity index (χ1n) is 5.36. The van der Waals surface area contributed by atoms with Crippen molar-refractivity contribution in [1.29, 1.82) is 0 Å². The van der Waals surface area contributed by atoms with Crippen molar-refractivity contribution in [2.75, 3.05) is 14.2 Å². The van der Waals surface area contributed by atoms with E-state index in [1.165, 1.54) is 7.11 Å². The summed E-state index contributed by atoms with van der Waals surface area (Å²) in [4.78, 5) is 14.8. The SMILES string of the molecule is I.[CH2][C@H](CC(=O)OC)N=C([O-])c1ccc(OC)cc1.[Zn]. The summed E-state index contributed by atoms with van der Waals surface area (Å²) in [5.41, 5.74) is 0.425. The number of hydrogen-bond donors (Lipinski definition) is 0. The van der Waals surface area contributed by atoms with Crippen LogP contribution in [0.5, 0.6) is 5.75 Å². The second-order valence-electron chi connectivity index (χ2n) is 3.60. The van der Waals surface area contributed by atoms with Crippen molar-refractivity contribution >= 4 is 35.8 Å². The fourth-order valence-electron chi connectivity index (χ4n) is 1.30. The molecule has 0 saturated heterocycles. The largest absolute Gasteiger partial charge is 0.858 e. The van der Waals surface area contributed by atoms with E-state index in [1.54, 1.807) is 31.4 Å². The number of carbonyl (C=O) groups excluding carboxylic acids is 1. The van der Waals surface area contributed by atoms with E-state index >= 15 is 0 Å². The molecule has 5 nitrogen and oxygen atoms in total. The van der Waals surface area contributed by atoms with Crippen LogP contribution < -0.4 is 9.84 Å². The van der Waals surface area contributed by atoms with Crippen LogP contribution in [0, 0.1) is 6.92 Å². The van der Waals surface area contributed by atoms with Crippen molar-refractivity contribution in [1.82, 2.24) is 0 Å². The predicted octanol–water partition coefficient (Wildman–Crippen LogP) is 1.18. The predicted molar refractivity (Wildman–Crippen MR) is 80.7 cm³/mol. The Kier molecular flexibility index (Phi) is 11.9. The van der Waals surface area contributed by atoms with Crippen molar-refractivity contribution < 1.29 is 38.9 Å². The van der Waals surface area contributed by atoms with Crippen LogP contribution in [0.4, 0.5) is 0 Å². The van der Waals surface area contributed by atoms with E-state index in [9.17, 15) is 9.90 Å². The van der Waals surface area contributed by atoms with E-state index in [4.69, 9.17) is 4.74 Å². The number of hydrogen-bond acceptors (Lipinski definition) is 5. The Morgan fingerprint density at radius 2 is 1.90 bits per heavy atom. The molecule has 0 unspecified atom stereocenters. The third-order valence-electron chi connectivity index (χ3n) is 2.27. The third-order valence-corrected chi connectivity index (χ3v) is 2.27. The smallest absolute Gasteiger partial charge is 0.307 e. The van der Waals surface area contributed by atoms with Gasteiger partial charge >= 0.3 is 5.97 Å². The molecule has 0 amide bonds. The number of halogens is 1. The molecular weight excluding hydrogens is 426 g/mol. The molecule has 20 heavy (non-hydrogen) atoms. The zero-order valence-corrected chi connectivity index (χ0v) is 16.8. The molecule has 0 aliphatic heterocycles. The fraction of sp³-hybridized carbons (Fsp3) is 0.308. The Labute approximate surface area is 148 Å². The first-order chi connectivity index (χ1) is 8.56. The van der Waals surface area contributed by atoms with Gasteiger partial charge in [-0.05, 0) is 30.5 Å². The summed E-state index contributed by atoms with van der Waals surface area (Å²) in [6, 6.07) is 5.90. The first-order valence-corrected chi connectivity index (χ1v) is 5.36. The summed E-state index contributed by atoms with van der Waals surface area (Å²) in [7, 11) is 2.82. The number of esters is 1. The molecule has 1 atom stereocenters. The summed E-state index contributed by atoms with van der Waals surface area (Å²) in [6.45, 7) is 3.61. The minimum atomic E-state index is -0.646. The summed E-state index contributed by atoms with van der Waals surface area (Å²) in [5, 5.41) is 11.7. The summed E-state index contributed by atoms with van der Waals surface area (Å²) >= 11 is 0. The van der Waals surface area contributed by atoms with Gasteiger partial charge in [-0.25, -0.2) is 0 Å². The molecule has 0 aliphatic rings. The molecule has 1 radical (unpaired) electrons. The third kappa shape index (κ3) is 7.19. The normalized spacial score (nSPS) is 11.7. The average Bonchev–Trinajstić information content (AvgIpc) is 2.38. The second-order valence-corrected chi connectivity index (χ2v) is 3.60. The van der Waals surface area contributed by atoms with Crippen LogP contribution >= 0.6 is 24.0 Å². The number of carbonyl (C=O) groups is 1. The number of aliphatic imine (C=N–C) groups is 1. The van der Waals surface area contributed by atoms with E-state index < -0.39 is 17.9 Å². The number of rotatable bonds is 5. The van der Waals surface area contributed by atoms with E-state index in [0.717, 1.165) is 0 Å². The van der Waals surface area contributed by atoms with Crippen molar-refractivity contribution in [2.24, 2.45) is 4.99 Å². The van der Waals surface area contributed by atoms with E-state index in [0.29, 0.717) is 11.3 Å². The molecule has 0 aromatic heterocycles. The Balaban J connectivity index is 0. The number of ether oxygens (including phenoxy) is 2. The van der Waals surface area contributed by atoms with Crippen molar-refractivity contribution in [3.8, 4) is 5.75 Å². The van der Waals surface area contributed by atoms with Crippen LogP contribution in [0.1, 0.15) is 12.0 Å². The molecule has 0 aliphatic carbocycles. The van der Waals surface area contributed by atoms with Crippen LogP contribution in [0.2, 0.25) is 0 Å². The first kappa shape index (κ1) is 21.6. The molecule has 0 spiro atoms. The maximum atomic E-state index is 11.7. The number of nitrogens with zero attached hydrogens (tertiary/aromatic N) is 1. The van der Waals surface area contributed by atoms with Gasteiger partial charge in [-0.2, -0.15) is 0 Å². The van der Waals surface area contributed by atoms with Crippen LogP contribution in [-0.2, 0) is 29.0 Å². The van der Waals surface area contributed by atoms with Crippen LogP contribution in [0.3, 0.4) is 0 Å². The van der Waals surface area contributed by atoms with Crippen LogP contribution in [0.15, 0.2) is 29.3 Å². The maximum Gasteiger partial charge on any atom is 0.307 e. The number of benzene rings is 1. The summed E-state index contributed by atoms with van der Waals surface area (Å²) in [6.07, 6.45) is -0.0155. The van der Waals surface area contributed by atoms with Gasteiger partial charge in [-0.1, -0.05) is 12.1 Å². The Morgan fingerprint density at radius 3 is 2.35 bits per heavy atom. The molecular formula is C13H16INO4Zn-. The van der Waals surface area contributed by atoms with E-state index in [1.807, 2.05) is 0 Å². The van der Waals surface area contributed by atoms with Crippen LogP contribution in [-0.4, -0.2) is 32.1 Å². The molecule has 0 N–H and O–H groups in total. The van der Waals surface area contributed by atoms with Gasteiger partial charge in [0.25, 0.3) is 0 Å². The zero-order valence-electron chi connectivity index (χ0n) is 11.5. The van der Waals surface area contributed by atoms with Gasteiger partial charge in [0.15, 0.2) is 0 Å². The standard InChI is InChI=1S/C13H16NO4.HI.Zn/c1-9(8-12(15)18-3)14-13(16)10-4-6-11(17-2)7-5-10;;/h4-7,9H,1,8H2,2-3H3,(H,14,16);1H;/p-1/t9-;;/m1../s1. The van der Waals surface area contributed by atoms with E-state index in [-0.39, 0.29) is 49.9 Å². The molecule has 1 aromatic rings. The molecule has 1 rings (SSSR count). The van der Waals surface area contributed by atoms with Gasteiger partial charge in [0.2, 0.25) is 0 Å². The van der Waals surface area contributed by atoms with Crippen molar-refractivity contribution in [3.63, 3.8) is 0 Å².